The number of fused-ring (bicyclic) bond motifs is 1. The fourth-order valence-corrected chi connectivity index (χ4v) is 5.06. The average molecular weight is 474 g/mol. The Bertz CT molecular complexity index is 1210. The van der Waals surface area contributed by atoms with E-state index >= 15 is 0 Å². The Kier molecular flexibility index (Phi) is 5.97. The van der Waals surface area contributed by atoms with Crippen LogP contribution in [0, 0.1) is 0 Å². The number of imidazole rings is 1. The maximum absolute atomic E-state index is 6.23. The minimum absolute atomic E-state index is 0.564. The Morgan fingerprint density at radius 3 is 3.06 bits per heavy atom. The minimum Gasteiger partial charge on any atom is -0.495 e. The van der Waals surface area contributed by atoms with Crippen LogP contribution in [0.25, 0.3) is 27.6 Å². The third kappa shape index (κ3) is 4.21. The van der Waals surface area contributed by atoms with Crippen LogP contribution in [0.1, 0.15) is 0 Å². The van der Waals surface area contributed by atoms with Gasteiger partial charge in [-0.05, 0) is 18.2 Å². The SMILES string of the molecule is COc1cc(-c2nc3sccn3c2-c2ccnc(NCCN3CCNS3)n2)ccc1Cl. The number of hydrogen-bond donors (Lipinski definition) is 2. The van der Waals surface area contributed by atoms with E-state index in [2.05, 4.69) is 23.7 Å². The lowest BCUT2D eigenvalue weighted by molar-refractivity contribution is 0.415. The third-order valence-corrected chi connectivity index (χ3v) is 6.91. The molecule has 0 saturated carbocycles. The summed E-state index contributed by atoms with van der Waals surface area (Å²) in [6.45, 7) is 3.71. The highest BCUT2D eigenvalue weighted by atomic mass is 35.5. The summed E-state index contributed by atoms with van der Waals surface area (Å²) in [6, 6.07) is 7.58. The van der Waals surface area contributed by atoms with Crippen molar-refractivity contribution in [3.8, 4) is 28.4 Å². The quantitative estimate of drug-likeness (QED) is 0.389. The monoisotopic (exact) mass is 473 g/mol. The summed E-state index contributed by atoms with van der Waals surface area (Å²) in [5.41, 5.74) is 3.44. The molecule has 11 heteroatoms. The van der Waals surface area contributed by atoms with Gasteiger partial charge in [0.05, 0.1) is 23.5 Å². The summed E-state index contributed by atoms with van der Waals surface area (Å²) < 4.78 is 13.0. The molecule has 1 aliphatic rings. The molecule has 5 rings (SSSR count). The van der Waals surface area contributed by atoms with E-state index in [0.717, 1.165) is 53.8 Å². The maximum Gasteiger partial charge on any atom is 0.223 e. The molecule has 0 atom stereocenters. The zero-order valence-corrected chi connectivity index (χ0v) is 19.1. The first-order valence-electron chi connectivity index (χ1n) is 9.74. The van der Waals surface area contributed by atoms with Crippen molar-refractivity contribution in [3.63, 3.8) is 0 Å². The second-order valence-electron chi connectivity index (χ2n) is 6.82. The van der Waals surface area contributed by atoms with E-state index in [-0.39, 0.29) is 0 Å². The van der Waals surface area contributed by atoms with E-state index in [0.29, 0.717) is 16.7 Å². The lowest BCUT2D eigenvalue weighted by Crippen LogP contribution is -2.22. The molecule has 3 aromatic heterocycles. The molecule has 1 aliphatic heterocycles. The van der Waals surface area contributed by atoms with Crippen molar-refractivity contribution in [3.05, 3.63) is 47.1 Å². The van der Waals surface area contributed by atoms with Gasteiger partial charge in [0.2, 0.25) is 5.95 Å². The first-order valence-corrected chi connectivity index (χ1v) is 11.8. The molecule has 2 N–H and O–H groups in total. The molecule has 0 radical (unpaired) electrons. The minimum atomic E-state index is 0.564. The van der Waals surface area contributed by atoms with E-state index in [9.17, 15) is 0 Å². The summed E-state index contributed by atoms with van der Waals surface area (Å²) >= 11 is 9.46. The largest absolute Gasteiger partial charge is 0.495 e. The molecule has 8 nitrogen and oxygen atoms in total. The molecule has 31 heavy (non-hydrogen) atoms. The first kappa shape index (κ1) is 20.5. The van der Waals surface area contributed by atoms with Gasteiger partial charge in [-0.3, -0.25) is 4.40 Å². The second-order valence-corrected chi connectivity index (χ2v) is 9.09. The van der Waals surface area contributed by atoms with Crippen LogP contribution in [0.2, 0.25) is 5.02 Å². The van der Waals surface area contributed by atoms with Gasteiger partial charge in [-0.25, -0.2) is 24.0 Å². The van der Waals surface area contributed by atoms with Crippen LogP contribution in [0.4, 0.5) is 5.95 Å². The number of aromatic nitrogens is 4. The summed E-state index contributed by atoms with van der Waals surface area (Å²) in [7, 11) is 1.61. The van der Waals surface area contributed by atoms with Crippen molar-refractivity contribution in [1.29, 1.82) is 0 Å². The van der Waals surface area contributed by atoms with Crippen molar-refractivity contribution in [2.24, 2.45) is 0 Å². The molecule has 1 aromatic carbocycles. The van der Waals surface area contributed by atoms with Gasteiger partial charge in [0, 0.05) is 61.7 Å². The number of nitrogens with zero attached hydrogens (tertiary/aromatic N) is 5. The molecular weight excluding hydrogens is 454 g/mol. The standard InChI is InChI=1S/C20H20ClN7OS2/c1-29-16-12-13(2-3-14(16)21)17-18(28-10-11-30-20(28)26-17)15-4-5-22-19(25-15)23-6-8-27-9-7-24-31-27/h2-5,10-12,24H,6-9H2,1H3,(H,22,23,25). The molecular formula is C20H20ClN7OS2. The molecule has 0 unspecified atom stereocenters. The highest BCUT2D eigenvalue weighted by Crippen LogP contribution is 2.36. The van der Waals surface area contributed by atoms with Gasteiger partial charge in [-0.15, -0.1) is 11.3 Å². The molecule has 4 aromatic rings. The normalized spacial score (nSPS) is 14.4. The van der Waals surface area contributed by atoms with Crippen molar-refractivity contribution in [2.75, 3.05) is 38.6 Å². The Morgan fingerprint density at radius 1 is 1.29 bits per heavy atom. The van der Waals surface area contributed by atoms with Gasteiger partial charge in [0.15, 0.2) is 4.96 Å². The second kappa shape index (κ2) is 9.01. The molecule has 0 aliphatic carbocycles. The van der Waals surface area contributed by atoms with Crippen LogP contribution in [0.3, 0.4) is 0 Å². The Morgan fingerprint density at radius 2 is 2.23 bits per heavy atom. The molecule has 0 spiro atoms. The van der Waals surface area contributed by atoms with Crippen LogP contribution in [0.15, 0.2) is 42.0 Å². The van der Waals surface area contributed by atoms with Crippen LogP contribution in [-0.2, 0) is 0 Å². The van der Waals surface area contributed by atoms with E-state index < -0.39 is 0 Å². The summed E-state index contributed by atoms with van der Waals surface area (Å²) in [5.74, 6) is 1.21. The number of thiazole rings is 1. The lowest BCUT2D eigenvalue weighted by Gasteiger charge is -2.13. The predicted molar refractivity (Wildman–Crippen MR) is 127 cm³/mol. The zero-order chi connectivity index (χ0) is 21.2. The van der Waals surface area contributed by atoms with Crippen LogP contribution in [-0.4, -0.2) is 56.9 Å². The van der Waals surface area contributed by atoms with Crippen LogP contribution in [0.5, 0.6) is 5.75 Å². The van der Waals surface area contributed by atoms with Crippen molar-refractivity contribution in [2.45, 2.75) is 0 Å². The summed E-state index contributed by atoms with van der Waals surface area (Å²) in [6.07, 6.45) is 3.78. The van der Waals surface area contributed by atoms with Crippen molar-refractivity contribution >= 4 is 46.0 Å². The lowest BCUT2D eigenvalue weighted by atomic mass is 10.1. The van der Waals surface area contributed by atoms with Gasteiger partial charge in [0.25, 0.3) is 0 Å². The van der Waals surface area contributed by atoms with E-state index in [1.165, 1.54) is 0 Å². The predicted octanol–water partition coefficient (Wildman–Crippen LogP) is 4.06. The number of anilines is 1. The highest BCUT2D eigenvalue weighted by molar-refractivity contribution is 7.95. The van der Waals surface area contributed by atoms with Gasteiger partial charge < -0.3 is 10.1 Å². The Balaban J connectivity index is 1.48. The topological polar surface area (TPSA) is 79.6 Å². The van der Waals surface area contributed by atoms with Gasteiger partial charge in [-0.1, -0.05) is 17.7 Å². The Labute approximate surface area is 192 Å². The number of methoxy groups -OCH3 is 1. The van der Waals surface area contributed by atoms with Gasteiger partial charge >= 0.3 is 0 Å². The molecule has 0 amide bonds. The van der Waals surface area contributed by atoms with Crippen molar-refractivity contribution < 1.29 is 4.74 Å². The Hall–Kier alpha value is -2.37. The number of nitrogens with one attached hydrogen (secondary N) is 2. The molecule has 4 heterocycles. The molecule has 1 fully saturated rings. The summed E-state index contributed by atoms with van der Waals surface area (Å²) in [4.78, 5) is 14.9. The van der Waals surface area contributed by atoms with Gasteiger partial charge in [-0.2, -0.15) is 0 Å². The summed E-state index contributed by atoms with van der Waals surface area (Å²) in [5, 5.41) is 5.91. The maximum atomic E-state index is 6.23. The first-order chi connectivity index (χ1) is 15.2. The number of halogens is 1. The van der Waals surface area contributed by atoms with Crippen molar-refractivity contribution in [1.82, 2.24) is 28.4 Å². The smallest absolute Gasteiger partial charge is 0.223 e. The molecule has 160 valence electrons. The fraction of sp³-hybridized carbons (Fsp3) is 0.250. The molecule has 0 bridgehead atoms. The number of ether oxygens (including phenoxy) is 1. The number of hydrogen-bond acceptors (Lipinski definition) is 9. The van der Waals surface area contributed by atoms with Crippen LogP contribution >= 0.6 is 35.1 Å². The van der Waals surface area contributed by atoms with Crippen LogP contribution < -0.4 is 14.8 Å². The van der Waals surface area contributed by atoms with Gasteiger partial charge in [0.1, 0.15) is 11.4 Å². The number of benzene rings is 1. The van der Waals surface area contributed by atoms with E-state index in [4.69, 9.17) is 26.3 Å². The highest BCUT2D eigenvalue weighted by Gasteiger charge is 2.19. The average Bonchev–Trinajstić information content (AvgIpc) is 3.52. The fourth-order valence-electron chi connectivity index (χ4n) is 3.42. The zero-order valence-electron chi connectivity index (χ0n) is 16.7. The third-order valence-electron chi connectivity index (χ3n) is 4.89. The number of rotatable bonds is 7. The van der Waals surface area contributed by atoms with E-state index in [1.807, 2.05) is 35.8 Å². The van der Waals surface area contributed by atoms with E-state index in [1.54, 1.807) is 36.8 Å². The molecule has 1 saturated heterocycles.